The van der Waals surface area contributed by atoms with E-state index in [0.29, 0.717) is 17.8 Å². The van der Waals surface area contributed by atoms with Crippen molar-refractivity contribution in [3.8, 4) is 11.3 Å². The van der Waals surface area contributed by atoms with Crippen LogP contribution in [-0.4, -0.2) is 27.2 Å². The van der Waals surface area contributed by atoms with Gasteiger partial charge in [-0.15, -0.1) is 13.2 Å². The van der Waals surface area contributed by atoms with E-state index in [0.717, 1.165) is 11.6 Å². The molecule has 2 rings (SSSR count). The van der Waals surface area contributed by atoms with Crippen molar-refractivity contribution in [2.75, 3.05) is 0 Å². The lowest BCUT2D eigenvalue weighted by molar-refractivity contribution is -0.303. The number of hydrogen-bond donors (Lipinski definition) is 1. The van der Waals surface area contributed by atoms with Crippen LogP contribution in [0.2, 0.25) is 0 Å². The van der Waals surface area contributed by atoms with Crippen molar-refractivity contribution < 1.29 is 27.8 Å². The van der Waals surface area contributed by atoms with Crippen molar-refractivity contribution >= 4 is 11.7 Å². The first-order valence-electron chi connectivity index (χ1n) is 7.92. The van der Waals surface area contributed by atoms with Gasteiger partial charge in [0.1, 0.15) is 5.76 Å². The van der Waals surface area contributed by atoms with Crippen LogP contribution in [0, 0.1) is 0 Å². The number of carbonyl (C=O) groups is 1. The van der Waals surface area contributed by atoms with Gasteiger partial charge in [0.05, 0.1) is 11.3 Å². The standard InChI is InChI=1S/C19H17F3N2O3/c1-3-15(9-10-16(4-2)27-19(20,21)22)24-12-11-17(23-24)13-5-7-14(8-6-13)18(25)26/h4-12H,2-3H2,1H3,(H,25,26)/b15-9+,16-10+. The summed E-state index contributed by atoms with van der Waals surface area (Å²) >= 11 is 0. The molecule has 1 N–H and O–H groups in total. The van der Waals surface area contributed by atoms with E-state index in [4.69, 9.17) is 5.11 Å². The Hall–Kier alpha value is -3.29. The van der Waals surface area contributed by atoms with Gasteiger partial charge in [-0.05, 0) is 42.8 Å². The SMILES string of the molecule is C=C/C(=C\C=C(/CC)n1ccc(-c2ccc(C(=O)O)cc2)n1)OC(F)(F)F. The molecular formula is C19H17F3N2O3. The number of carboxylic acids is 1. The van der Waals surface area contributed by atoms with Gasteiger partial charge in [0, 0.05) is 17.5 Å². The molecule has 0 bridgehead atoms. The first kappa shape index (κ1) is 20.0. The Morgan fingerprint density at radius 2 is 1.93 bits per heavy atom. The van der Waals surface area contributed by atoms with E-state index in [1.165, 1.54) is 29.0 Å². The van der Waals surface area contributed by atoms with E-state index in [1.807, 2.05) is 6.92 Å². The van der Waals surface area contributed by atoms with Crippen LogP contribution in [0.5, 0.6) is 0 Å². The molecule has 1 aromatic heterocycles. The zero-order chi connectivity index (χ0) is 20.0. The van der Waals surface area contributed by atoms with E-state index < -0.39 is 18.1 Å². The average Bonchev–Trinajstić information content (AvgIpc) is 3.10. The third-order valence-corrected chi connectivity index (χ3v) is 3.55. The lowest BCUT2D eigenvalue weighted by Crippen LogP contribution is -2.11. The van der Waals surface area contributed by atoms with E-state index in [1.54, 1.807) is 24.4 Å². The summed E-state index contributed by atoms with van der Waals surface area (Å²) in [7, 11) is 0. The monoisotopic (exact) mass is 378 g/mol. The van der Waals surface area contributed by atoms with Crippen LogP contribution in [0.3, 0.4) is 0 Å². The second kappa shape index (κ2) is 8.39. The molecule has 0 fully saturated rings. The van der Waals surface area contributed by atoms with Gasteiger partial charge in [-0.25, -0.2) is 9.48 Å². The second-order valence-electron chi connectivity index (χ2n) is 5.36. The van der Waals surface area contributed by atoms with Crippen molar-refractivity contribution in [2.45, 2.75) is 19.7 Å². The summed E-state index contributed by atoms with van der Waals surface area (Å²) in [5.74, 6) is -1.45. The fourth-order valence-corrected chi connectivity index (χ4v) is 2.23. The number of alkyl halides is 3. The summed E-state index contributed by atoms with van der Waals surface area (Å²) in [6.07, 6.45) is 0.986. The molecule has 2 aromatic rings. The molecule has 0 aliphatic heterocycles. The summed E-state index contributed by atoms with van der Waals surface area (Å²) in [5, 5.41) is 13.3. The molecule has 0 unspecified atom stereocenters. The van der Waals surface area contributed by atoms with Crippen molar-refractivity contribution in [2.24, 2.45) is 0 Å². The number of ether oxygens (including phenoxy) is 1. The van der Waals surface area contributed by atoms with E-state index in [-0.39, 0.29) is 5.56 Å². The number of nitrogens with zero attached hydrogens (tertiary/aromatic N) is 2. The minimum absolute atomic E-state index is 0.166. The topological polar surface area (TPSA) is 64.4 Å². The summed E-state index contributed by atoms with van der Waals surface area (Å²) in [5.41, 5.74) is 2.12. The fraction of sp³-hybridized carbons (Fsp3) is 0.158. The molecule has 0 amide bonds. The molecule has 8 heteroatoms. The van der Waals surface area contributed by atoms with E-state index >= 15 is 0 Å². The number of halogens is 3. The highest BCUT2D eigenvalue weighted by Crippen LogP contribution is 2.23. The van der Waals surface area contributed by atoms with E-state index in [9.17, 15) is 18.0 Å². The summed E-state index contributed by atoms with van der Waals surface area (Å²) in [6, 6.07) is 7.95. The first-order chi connectivity index (χ1) is 12.7. The van der Waals surface area contributed by atoms with Gasteiger partial charge in [-0.2, -0.15) is 5.10 Å². The van der Waals surface area contributed by atoms with Crippen LogP contribution in [0.15, 0.2) is 67.1 Å². The van der Waals surface area contributed by atoms with Crippen LogP contribution < -0.4 is 0 Å². The molecule has 142 valence electrons. The largest absolute Gasteiger partial charge is 0.573 e. The Balaban J connectivity index is 2.26. The molecule has 5 nitrogen and oxygen atoms in total. The molecule has 1 heterocycles. The van der Waals surface area contributed by atoms with Gasteiger partial charge in [0.25, 0.3) is 0 Å². The maximum atomic E-state index is 12.3. The van der Waals surface area contributed by atoms with E-state index in [2.05, 4.69) is 16.4 Å². The lowest BCUT2D eigenvalue weighted by Gasteiger charge is -2.09. The zero-order valence-corrected chi connectivity index (χ0v) is 14.4. The van der Waals surface area contributed by atoms with Crippen LogP contribution in [0.1, 0.15) is 23.7 Å². The van der Waals surface area contributed by atoms with Crippen molar-refractivity contribution in [3.63, 3.8) is 0 Å². The number of carboxylic acid groups (broad SMARTS) is 1. The number of aromatic nitrogens is 2. The Bertz CT molecular complexity index is 878. The highest BCUT2D eigenvalue weighted by molar-refractivity contribution is 5.88. The maximum Gasteiger partial charge on any atom is 0.573 e. The number of aromatic carboxylic acids is 1. The van der Waals surface area contributed by atoms with Crippen molar-refractivity contribution in [1.29, 1.82) is 0 Å². The summed E-state index contributed by atoms with van der Waals surface area (Å²) in [6.45, 7) is 5.13. The van der Waals surface area contributed by atoms with Gasteiger partial charge in [0.2, 0.25) is 0 Å². The van der Waals surface area contributed by atoms with Crippen LogP contribution >= 0.6 is 0 Å². The molecular weight excluding hydrogens is 361 g/mol. The minimum Gasteiger partial charge on any atom is -0.478 e. The predicted octanol–water partition coefficient (Wildman–Crippen LogP) is 5.11. The second-order valence-corrected chi connectivity index (χ2v) is 5.36. The molecule has 0 saturated carbocycles. The lowest BCUT2D eigenvalue weighted by atomic mass is 10.1. The highest BCUT2D eigenvalue weighted by atomic mass is 19.4. The molecule has 0 radical (unpaired) electrons. The zero-order valence-electron chi connectivity index (χ0n) is 14.4. The number of hydrogen-bond acceptors (Lipinski definition) is 3. The first-order valence-corrected chi connectivity index (χ1v) is 7.92. The highest BCUT2D eigenvalue weighted by Gasteiger charge is 2.31. The normalized spacial score (nSPS) is 12.7. The average molecular weight is 378 g/mol. The predicted molar refractivity (Wildman–Crippen MR) is 94.6 cm³/mol. The Morgan fingerprint density at radius 3 is 2.44 bits per heavy atom. The van der Waals surface area contributed by atoms with Crippen molar-refractivity contribution in [3.05, 3.63) is 72.7 Å². The number of allylic oxidation sites excluding steroid dienone is 4. The van der Waals surface area contributed by atoms with Crippen LogP contribution in [-0.2, 0) is 4.74 Å². The third kappa shape index (κ3) is 5.60. The minimum atomic E-state index is -4.79. The molecule has 27 heavy (non-hydrogen) atoms. The Morgan fingerprint density at radius 1 is 1.26 bits per heavy atom. The van der Waals surface area contributed by atoms with Gasteiger partial charge in [-0.1, -0.05) is 25.6 Å². The van der Waals surface area contributed by atoms with Crippen LogP contribution in [0.4, 0.5) is 13.2 Å². The molecule has 0 aliphatic carbocycles. The molecule has 0 saturated heterocycles. The smallest absolute Gasteiger partial charge is 0.478 e. The van der Waals surface area contributed by atoms with Gasteiger partial charge in [-0.3, -0.25) is 0 Å². The molecule has 0 aliphatic rings. The Kier molecular flexibility index (Phi) is 6.23. The van der Waals surface area contributed by atoms with Gasteiger partial charge < -0.3 is 9.84 Å². The van der Waals surface area contributed by atoms with Crippen molar-refractivity contribution in [1.82, 2.24) is 9.78 Å². The van der Waals surface area contributed by atoms with Crippen LogP contribution in [0.25, 0.3) is 17.0 Å². The molecule has 1 aromatic carbocycles. The van der Waals surface area contributed by atoms with Gasteiger partial charge >= 0.3 is 12.3 Å². The number of rotatable bonds is 7. The summed E-state index contributed by atoms with van der Waals surface area (Å²) < 4.78 is 42.3. The third-order valence-electron chi connectivity index (χ3n) is 3.55. The summed E-state index contributed by atoms with van der Waals surface area (Å²) in [4.78, 5) is 10.9. The Labute approximate surface area is 153 Å². The molecule has 0 spiro atoms. The maximum absolute atomic E-state index is 12.3. The number of benzene rings is 1. The molecule has 0 atom stereocenters. The van der Waals surface area contributed by atoms with Gasteiger partial charge in [0.15, 0.2) is 0 Å². The fourth-order valence-electron chi connectivity index (χ4n) is 2.23. The quantitative estimate of drug-likeness (QED) is 0.537.